The van der Waals surface area contributed by atoms with Gasteiger partial charge >= 0.3 is 5.97 Å². The average Bonchev–Trinajstić information content (AvgIpc) is 2.27. The molecule has 1 aromatic carbocycles. The van der Waals surface area contributed by atoms with Crippen LogP contribution in [0.2, 0.25) is 18.1 Å². The molecule has 0 radical (unpaired) electrons. The zero-order valence-corrected chi connectivity index (χ0v) is 13.6. The van der Waals surface area contributed by atoms with Crippen molar-refractivity contribution in [3.63, 3.8) is 0 Å². The van der Waals surface area contributed by atoms with Crippen LogP contribution in [0.15, 0.2) is 24.3 Å². The van der Waals surface area contributed by atoms with Crippen LogP contribution < -0.4 is 5.19 Å². The van der Waals surface area contributed by atoms with Crippen LogP contribution >= 0.6 is 0 Å². The van der Waals surface area contributed by atoms with Gasteiger partial charge in [0.2, 0.25) is 0 Å². The molecule has 19 heavy (non-hydrogen) atoms. The number of benzene rings is 1. The molecule has 0 amide bonds. The first-order valence-corrected chi connectivity index (χ1v) is 9.47. The van der Waals surface area contributed by atoms with Crippen molar-refractivity contribution in [1.29, 1.82) is 0 Å². The van der Waals surface area contributed by atoms with Gasteiger partial charge in [0.1, 0.15) is 0 Å². The van der Waals surface area contributed by atoms with Gasteiger partial charge in [0, 0.05) is 0 Å². The summed E-state index contributed by atoms with van der Waals surface area (Å²) in [6.45, 7) is 12.6. The number of hydrogen-bond acceptors (Lipinski definition) is 2. The van der Waals surface area contributed by atoms with Gasteiger partial charge in [0.25, 0.3) is 0 Å². The Morgan fingerprint density at radius 2 is 1.47 bits per heavy atom. The van der Waals surface area contributed by atoms with Crippen molar-refractivity contribution in [3.8, 4) is 0 Å². The number of aliphatic carboxylic acids is 1. The highest BCUT2D eigenvalue weighted by atomic mass is 28.3. The van der Waals surface area contributed by atoms with Gasteiger partial charge in [-0.15, -0.1) is 0 Å². The second-order valence-electron chi connectivity index (χ2n) is 6.83. The number of carbonyl (C=O) groups is 1. The predicted molar refractivity (Wildman–Crippen MR) is 80.5 cm³/mol. The van der Waals surface area contributed by atoms with Crippen molar-refractivity contribution in [2.24, 2.45) is 0 Å². The van der Waals surface area contributed by atoms with E-state index >= 15 is 0 Å². The molecule has 0 spiro atoms. The quantitative estimate of drug-likeness (QED) is 0.837. The van der Waals surface area contributed by atoms with E-state index in [2.05, 4.69) is 33.9 Å². The third kappa shape index (κ3) is 2.90. The van der Waals surface area contributed by atoms with E-state index in [0.717, 1.165) is 0 Å². The van der Waals surface area contributed by atoms with Crippen LogP contribution in [0.1, 0.15) is 33.3 Å². The molecule has 1 rings (SSSR count). The molecule has 1 aromatic rings. The third-order valence-electron chi connectivity index (χ3n) is 4.46. The van der Waals surface area contributed by atoms with Crippen LogP contribution in [0.5, 0.6) is 0 Å². The summed E-state index contributed by atoms with van der Waals surface area (Å²) < 4.78 is 0. The van der Waals surface area contributed by atoms with Gasteiger partial charge in [0.05, 0.1) is 8.07 Å². The van der Waals surface area contributed by atoms with Crippen molar-refractivity contribution in [1.82, 2.24) is 0 Å². The Balaban J connectivity index is 3.18. The zero-order valence-electron chi connectivity index (χ0n) is 12.6. The minimum Gasteiger partial charge on any atom is -0.479 e. The lowest BCUT2D eigenvalue weighted by Crippen LogP contribution is -2.49. The molecule has 0 bridgehead atoms. The maximum atomic E-state index is 11.0. The second kappa shape index (κ2) is 4.76. The molecule has 1 unspecified atom stereocenters. The molecule has 0 aromatic heterocycles. The molecule has 106 valence electrons. The maximum Gasteiger partial charge on any atom is 0.340 e. The molecule has 0 aliphatic heterocycles. The lowest BCUT2D eigenvalue weighted by molar-refractivity contribution is -0.157. The molecule has 0 aliphatic carbocycles. The Hall–Kier alpha value is -1.13. The first-order valence-electron chi connectivity index (χ1n) is 6.47. The molecule has 4 heteroatoms. The summed E-state index contributed by atoms with van der Waals surface area (Å²) in [5, 5.41) is 20.4. The fourth-order valence-corrected chi connectivity index (χ4v) is 3.63. The summed E-state index contributed by atoms with van der Waals surface area (Å²) >= 11 is 0. The normalized spacial score (nSPS) is 15.9. The highest BCUT2D eigenvalue weighted by Crippen LogP contribution is 2.35. The highest BCUT2D eigenvalue weighted by molar-refractivity contribution is 6.92. The number of rotatable bonds is 3. The van der Waals surface area contributed by atoms with E-state index < -0.39 is 19.6 Å². The lowest BCUT2D eigenvalue weighted by Gasteiger charge is -2.37. The minimum atomic E-state index is -1.83. The minimum absolute atomic E-state index is 0.226. The van der Waals surface area contributed by atoms with Crippen LogP contribution in [0.25, 0.3) is 0 Å². The number of carboxylic acid groups (broad SMARTS) is 1. The number of aliphatic hydroxyl groups is 1. The molecular weight excluding hydrogens is 256 g/mol. The Bertz CT molecular complexity index is 467. The molecule has 2 N–H and O–H groups in total. The SMILES string of the molecule is CC(O)(C(=O)O)c1ccc([Si](C)(C)C(C)(C)C)cc1. The molecule has 0 aliphatic rings. The van der Waals surface area contributed by atoms with Gasteiger partial charge in [-0.05, 0) is 17.5 Å². The standard InChI is InChI=1S/C15H24O3Si/c1-14(2,3)19(5,6)12-9-7-11(8-10-12)15(4,18)13(16)17/h7-10,18H,1-6H3,(H,16,17). The molecular formula is C15H24O3Si. The van der Waals surface area contributed by atoms with Gasteiger partial charge in [-0.2, -0.15) is 0 Å². The predicted octanol–water partition coefficient (Wildman–Crippen LogP) is 2.69. The van der Waals surface area contributed by atoms with E-state index in [4.69, 9.17) is 5.11 Å². The van der Waals surface area contributed by atoms with E-state index in [1.54, 1.807) is 12.1 Å². The van der Waals surface area contributed by atoms with Gasteiger partial charge in [-0.25, -0.2) is 4.79 Å². The van der Waals surface area contributed by atoms with Crippen molar-refractivity contribution in [3.05, 3.63) is 29.8 Å². The lowest BCUT2D eigenvalue weighted by atomic mass is 9.96. The van der Waals surface area contributed by atoms with E-state index in [9.17, 15) is 9.90 Å². The smallest absolute Gasteiger partial charge is 0.340 e. The Kier molecular flexibility index (Phi) is 3.99. The van der Waals surface area contributed by atoms with Crippen LogP contribution in [0, 0.1) is 0 Å². The van der Waals surface area contributed by atoms with Crippen LogP contribution in [-0.4, -0.2) is 24.3 Å². The van der Waals surface area contributed by atoms with Crippen LogP contribution in [-0.2, 0) is 10.4 Å². The molecule has 1 atom stereocenters. The first kappa shape index (κ1) is 15.9. The fraction of sp³-hybridized carbons (Fsp3) is 0.533. The largest absolute Gasteiger partial charge is 0.479 e. The van der Waals surface area contributed by atoms with Gasteiger partial charge in [0.15, 0.2) is 5.60 Å². The molecule has 0 fully saturated rings. The van der Waals surface area contributed by atoms with Crippen LogP contribution in [0.3, 0.4) is 0 Å². The monoisotopic (exact) mass is 280 g/mol. The summed E-state index contributed by atoms with van der Waals surface area (Å²) in [6.07, 6.45) is 0. The second-order valence-corrected chi connectivity index (χ2v) is 12.2. The van der Waals surface area contributed by atoms with Gasteiger partial charge < -0.3 is 10.2 Å². The molecule has 0 heterocycles. The van der Waals surface area contributed by atoms with Gasteiger partial charge in [-0.3, -0.25) is 0 Å². The summed E-state index contributed by atoms with van der Waals surface area (Å²) in [6, 6.07) is 7.38. The van der Waals surface area contributed by atoms with E-state index in [-0.39, 0.29) is 5.04 Å². The van der Waals surface area contributed by atoms with E-state index in [1.165, 1.54) is 12.1 Å². The molecule has 0 saturated carbocycles. The Morgan fingerprint density at radius 1 is 1.05 bits per heavy atom. The summed E-state index contributed by atoms with van der Waals surface area (Å²) in [4.78, 5) is 11.0. The topological polar surface area (TPSA) is 57.5 Å². The summed E-state index contributed by atoms with van der Waals surface area (Å²) in [5.74, 6) is -1.23. The maximum absolute atomic E-state index is 11.0. The number of carboxylic acids is 1. The summed E-state index contributed by atoms with van der Waals surface area (Å²) in [5.41, 5.74) is -1.41. The first-order chi connectivity index (χ1) is 8.40. The third-order valence-corrected chi connectivity index (χ3v) is 9.99. The van der Waals surface area contributed by atoms with Crippen molar-refractivity contribution in [2.45, 2.75) is 51.4 Å². The summed E-state index contributed by atoms with van der Waals surface area (Å²) in [7, 11) is -1.62. The number of hydrogen-bond donors (Lipinski definition) is 2. The fourth-order valence-electron chi connectivity index (χ4n) is 1.77. The Labute approximate surface area is 116 Å². The van der Waals surface area contributed by atoms with Crippen molar-refractivity contribution < 1.29 is 15.0 Å². The van der Waals surface area contributed by atoms with Crippen LogP contribution in [0.4, 0.5) is 0 Å². The Morgan fingerprint density at radius 3 is 1.79 bits per heavy atom. The average molecular weight is 280 g/mol. The van der Waals surface area contributed by atoms with Crippen molar-refractivity contribution >= 4 is 19.2 Å². The molecule has 0 saturated heterocycles. The highest BCUT2D eigenvalue weighted by Gasteiger charge is 2.37. The van der Waals surface area contributed by atoms with E-state index in [1.807, 2.05) is 12.1 Å². The molecule has 3 nitrogen and oxygen atoms in total. The van der Waals surface area contributed by atoms with Crippen molar-refractivity contribution in [2.75, 3.05) is 0 Å². The van der Waals surface area contributed by atoms with Gasteiger partial charge in [-0.1, -0.05) is 63.3 Å². The van der Waals surface area contributed by atoms with E-state index in [0.29, 0.717) is 5.56 Å². The zero-order chi connectivity index (χ0) is 15.1.